The molecule has 20 heavy (non-hydrogen) atoms. The number of nitro groups is 1. The molecule has 1 aliphatic carbocycles. The molecular weight excluding hydrogens is 254 g/mol. The van der Waals surface area contributed by atoms with Gasteiger partial charge >= 0.3 is 0 Å². The van der Waals surface area contributed by atoms with Crippen molar-refractivity contribution < 1.29 is 4.92 Å². The number of anilines is 1. The fourth-order valence-electron chi connectivity index (χ4n) is 2.66. The first-order valence-electron chi connectivity index (χ1n) is 7.31. The minimum absolute atomic E-state index is 0.165. The maximum Gasteiger partial charge on any atom is 0.269 e. The largest absolute Gasteiger partial charge is 0.388 e. The Hall–Kier alpha value is -1.62. The number of nitro benzene ring substituents is 1. The van der Waals surface area contributed by atoms with Gasteiger partial charge in [0.1, 0.15) is 0 Å². The molecule has 1 aliphatic rings. The van der Waals surface area contributed by atoms with E-state index in [9.17, 15) is 10.1 Å². The molecule has 5 heteroatoms. The van der Waals surface area contributed by atoms with Gasteiger partial charge in [0.2, 0.25) is 0 Å². The summed E-state index contributed by atoms with van der Waals surface area (Å²) in [6.07, 6.45) is 4.00. The maximum atomic E-state index is 10.9. The lowest BCUT2D eigenvalue weighted by molar-refractivity contribution is -0.384. The van der Waals surface area contributed by atoms with Crippen LogP contribution in [0.3, 0.4) is 0 Å². The van der Waals surface area contributed by atoms with E-state index >= 15 is 0 Å². The Morgan fingerprint density at radius 2 is 2.20 bits per heavy atom. The maximum absolute atomic E-state index is 10.9. The number of non-ortho nitro benzene ring substituents is 1. The highest BCUT2D eigenvalue weighted by Gasteiger charge is 2.21. The lowest BCUT2D eigenvalue weighted by Crippen LogP contribution is -2.32. The molecule has 0 atom stereocenters. The van der Waals surface area contributed by atoms with E-state index in [4.69, 9.17) is 0 Å². The standard InChI is InChI=1S/C15H23N3O2/c1-3-17(10-12-5-4-6-12)11-13-9-14(18(19)20)7-8-15(13)16-2/h7-9,12,16H,3-6,10-11H2,1-2H3. The third kappa shape index (κ3) is 3.48. The van der Waals surface area contributed by atoms with Gasteiger partial charge in [0.15, 0.2) is 0 Å². The first-order valence-corrected chi connectivity index (χ1v) is 7.31. The second-order valence-corrected chi connectivity index (χ2v) is 5.47. The van der Waals surface area contributed by atoms with Gasteiger partial charge in [0.25, 0.3) is 5.69 Å². The average molecular weight is 277 g/mol. The first kappa shape index (κ1) is 14.8. The van der Waals surface area contributed by atoms with Crippen LogP contribution >= 0.6 is 0 Å². The zero-order valence-corrected chi connectivity index (χ0v) is 12.3. The molecule has 1 N–H and O–H groups in total. The van der Waals surface area contributed by atoms with E-state index in [0.717, 1.165) is 36.8 Å². The van der Waals surface area contributed by atoms with Crippen LogP contribution in [0.15, 0.2) is 18.2 Å². The molecule has 0 aliphatic heterocycles. The molecule has 0 unspecified atom stereocenters. The van der Waals surface area contributed by atoms with E-state index in [1.54, 1.807) is 18.2 Å². The molecule has 0 amide bonds. The zero-order chi connectivity index (χ0) is 14.5. The van der Waals surface area contributed by atoms with Crippen LogP contribution in [0.4, 0.5) is 11.4 Å². The van der Waals surface area contributed by atoms with Crippen LogP contribution in [0.1, 0.15) is 31.7 Å². The number of nitrogens with one attached hydrogen (secondary N) is 1. The summed E-state index contributed by atoms with van der Waals surface area (Å²) in [4.78, 5) is 13.0. The highest BCUT2D eigenvalue weighted by atomic mass is 16.6. The Bertz CT molecular complexity index is 472. The lowest BCUT2D eigenvalue weighted by atomic mass is 9.85. The molecule has 0 bridgehead atoms. The topological polar surface area (TPSA) is 58.4 Å². The van der Waals surface area contributed by atoms with Crippen molar-refractivity contribution >= 4 is 11.4 Å². The smallest absolute Gasteiger partial charge is 0.269 e. The van der Waals surface area contributed by atoms with Crippen molar-refractivity contribution in [1.82, 2.24) is 4.90 Å². The second-order valence-electron chi connectivity index (χ2n) is 5.47. The molecule has 5 nitrogen and oxygen atoms in total. The van der Waals surface area contributed by atoms with Gasteiger partial charge in [-0.2, -0.15) is 0 Å². The van der Waals surface area contributed by atoms with Gasteiger partial charge in [-0.05, 0) is 36.9 Å². The Kier molecular flexibility index (Phi) is 4.95. The summed E-state index contributed by atoms with van der Waals surface area (Å²) in [5.41, 5.74) is 2.14. The van der Waals surface area contributed by atoms with Crippen molar-refractivity contribution in [3.63, 3.8) is 0 Å². The predicted octanol–water partition coefficient (Wildman–Crippen LogP) is 3.26. The van der Waals surface area contributed by atoms with E-state index in [1.807, 2.05) is 7.05 Å². The number of benzene rings is 1. The number of hydrogen-bond donors (Lipinski definition) is 1. The van der Waals surface area contributed by atoms with E-state index in [0.29, 0.717) is 0 Å². The van der Waals surface area contributed by atoms with Crippen molar-refractivity contribution in [1.29, 1.82) is 0 Å². The molecule has 0 saturated heterocycles. The molecule has 1 fully saturated rings. The average Bonchev–Trinajstić information content (AvgIpc) is 2.40. The molecule has 0 spiro atoms. The zero-order valence-electron chi connectivity index (χ0n) is 12.3. The van der Waals surface area contributed by atoms with Gasteiger partial charge < -0.3 is 5.32 Å². The van der Waals surface area contributed by atoms with Crippen LogP contribution < -0.4 is 5.32 Å². The summed E-state index contributed by atoms with van der Waals surface area (Å²) >= 11 is 0. The van der Waals surface area contributed by atoms with E-state index in [1.165, 1.54) is 19.3 Å². The van der Waals surface area contributed by atoms with Crippen molar-refractivity contribution in [3.8, 4) is 0 Å². The molecule has 2 rings (SSSR count). The van der Waals surface area contributed by atoms with Gasteiger partial charge in [0.05, 0.1) is 4.92 Å². The van der Waals surface area contributed by atoms with Gasteiger partial charge in [-0.1, -0.05) is 13.3 Å². The van der Waals surface area contributed by atoms with Crippen LogP contribution in [0.5, 0.6) is 0 Å². The van der Waals surface area contributed by atoms with Gasteiger partial charge in [-0.25, -0.2) is 0 Å². The normalized spacial score (nSPS) is 15.2. The Balaban J connectivity index is 2.11. The predicted molar refractivity (Wildman–Crippen MR) is 80.9 cm³/mol. The van der Waals surface area contributed by atoms with Crippen LogP contribution in [-0.4, -0.2) is 30.0 Å². The molecular formula is C15H23N3O2. The summed E-state index contributed by atoms with van der Waals surface area (Å²) in [6.45, 7) is 4.99. The van der Waals surface area contributed by atoms with Crippen LogP contribution in [0.25, 0.3) is 0 Å². The Morgan fingerprint density at radius 3 is 2.70 bits per heavy atom. The minimum Gasteiger partial charge on any atom is -0.388 e. The van der Waals surface area contributed by atoms with Crippen LogP contribution in [0, 0.1) is 16.0 Å². The summed E-state index contributed by atoms with van der Waals surface area (Å²) in [5, 5.41) is 14.0. The molecule has 1 aromatic rings. The summed E-state index contributed by atoms with van der Waals surface area (Å²) in [6, 6.07) is 5.04. The fourth-order valence-corrected chi connectivity index (χ4v) is 2.66. The highest BCUT2D eigenvalue weighted by molar-refractivity contribution is 5.55. The number of nitrogens with zero attached hydrogens (tertiary/aromatic N) is 2. The SMILES string of the molecule is CCN(Cc1cc([N+](=O)[O-])ccc1NC)CC1CCC1. The highest BCUT2D eigenvalue weighted by Crippen LogP contribution is 2.29. The van der Waals surface area contributed by atoms with Crippen LogP contribution in [0.2, 0.25) is 0 Å². The van der Waals surface area contributed by atoms with Crippen LogP contribution in [-0.2, 0) is 6.54 Å². The summed E-state index contributed by atoms with van der Waals surface area (Å²) < 4.78 is 0. The molecule has 0 aromatic heterocycles. The second kappa shape index (κ2) is 6.70. The molecule has 110 valence electrons. The molecule has 0 radical (unpaired) electrons. The van der Waals surface area contributed by atoms with Gasteiger partial charge in [0, 0.05) is 38.0 Å². The third-order valence-corrected chi connectivity index (χ3v) is 4.15. The minimum atomic E-state index is -0.328. The number of hydrogen-bond acceptors (Lipinski definition) is 4. The van der Waals surface area contributed by atoms with Gasteiger partial charge in [-0.3, -0.25) is 15.0 Å². The number of rotatable bonds is 7. The quantitative estimate of drug-likeness (QED) is 0.614. The monoisotopic (exact) mass is 277 g/mol. The van der Waals surface area contributed by atoms with Crippen molar-refractivity contribution in [3.05, 3.63) is 33.9 Å². The Labute approximate surface area is 120 Å². The van der Waals surface area contributed by atoms with Crippen molar-refractivity contribution in [2.45, 2.75) is 32.7 Å². The molecule has 1 saturated carbocycles. The van der Waals surface area contributed by atoms with E-state index in [-0.39, 0.29) is 10.6 Å². The van der Waals surface area contributed by atoms with E-state index in [2.05, 4.69) is 17.1 Å². The Morgan fingerprint density at radius 1 is 1.45 bits per heavy atom. The fraction of sp³-hybridized carbons (Fsp3) is 0.600. The third-order valence-electron chi connectivity index (χ3n) is 4.15. The summed E-state index contributed by atoms with van der Waals surface area (Å²) in [7, 11) is 1.85. The van der Waals surface area contributed by atoms with Crippen molar-refractivity contribution in [2.75, 3.05) is 25.5 Å². The first-order chi connectivity index (χ1) is 9.63. The molecule has 0 heterocycles. The van der Waals surface area contributed by atoms with Gasteiger partial charge in [-0.15, -0.1) is 0 Å². The summed E-state index contributed by atoms with van der Waals surface area (Å²) in [5.74, 6) is 0.812. The van der Waals surface area contributed by atoms with E-state index < -0.39 is 0 Å². The lowest BCUT2D eigenvalue weighted by Gasteiger charge is -2.32. The van der Waals surface area contributed by atoms with Crippen molar-refractivity contribution in [2.24, 2.45) is 5.92 Å². The molecule has 1 aromatic carbocycles.